The van der Waals surface area contributed by atoms with Gasteiger partial charge in [0.2, 0.25) is 0 Å². The highest BCUT2D eigenvalue weighted by Gasteiger charge is 2.30. The molecule has 0 saturated carbocycles. The predicted octanol–water partition coefficient (Wildman–Crippen LogP) is 5.33. The molecule has 2 aromatic rings. The summed E-state index contributed by atoms with van der Waals surface area (Å²) in [6.07, 6.45) is -1.29. The lowest BCUT2D eigenvalue weighted by Crippen LogP contribution is -2.16. The Bertz CT molecular complexity index is 674. The van der Waals surface area contributed by atoms with E-state index in [0.29, 0.717) is 5.56 Å². The number of halogens is 3. The van der Waals surface area contributed by atoms with Crippen molar-refractivity contribution in [3.63, 3.8) is 0 Å². The van der Waals surface area contributed by atoms with Gasteiger partial charge >= 0.3 is 6.36 Å². The zero-order chi connectivity index (χ0) is 16.7. The Kier molecular flexibility index (Phi) is 5.70. The van der Waals surface area contributed by atoms with Crippen LogP contribution in [0.25, 0.3) is 0 Å². The van der Waals surface area contributed by atoms with Gasteiger partial charge in [0.15, 0.2) is 0 Å². The van der Waals surface area contributed by atoms with Crippen LogP contribution in [0.3, 0.4) is 0 Å². The molecule has 2 rings (SSSR count). The van der Waals surface area contributed by atoms with E-state index in [0.717, 1.165) is 24.8 Å². The van der Waals surface area contributed by atoms with E-state index in [2.05, 4.69) is 35.6 Å². The first-order valence-electron chi connectivity index (χ1n) is 7.43. The average Bonchev–Trinajstić information content (AvgIpc) is 2.52. The van der Waals surface area contributed by atoms with Crippen LogP contribution in [0.5, 0.6) is 5.75 Å². The summed E-state index contributed by atoms with van der Waals surface area (Å²) in [5, 5.41) is 0. The van der Waals surface area contributed by atoms with E-state index in [9.17, 15) is 13.2 Å². The van der Waals surface area contributed by atoms with E-state index in [-0.39, 0.29) is 5.75 Å². The molecule has 0 fully saturated rings. The second-order valence-electron chi connectivity index (χ2n) is 5.12. The molecule has 2 aromatic carbocycles. The van der Waals surface area contributed by atoms with E-state index < -0.39 is 6.36 Å². The minimum Gasteiger partial charge on any atom is -0.406 e. The highest BCUT2D eigenvalue weighted by molar-refractivity contribution is 5.44. The maximum absolute atomic E-state index is 12.1. The van der Waals surface area contributed by atoms with Crippen molar-refractivity contribution in [1.82, 2.24) is 0 Å². The molecule has 0 aliphatic carbocycles. The molecular weight excluding hydrogens is 301 g/mol. The Balaban J connectivity index is 2.01. The van der Waals surface area contributed by atoms with Crippen molar-refractivity contribution in [2.24, 2.45) is 0 Å². The first kappa shape index (κ1) is 17.0. The third-order valence-electron chi connectivity index (χ3n) is 3.21. The summed E-state index contributed by atoms with van der Waals surface area (Å²) in [5.74, 6) is 5.68. The zero-order valence-electron chi connectivity index (χ0n) is 12.8. The molecule has 0 bridgehead atoms. The van der Waals surface area contributed by atoms with Gasteiger partial charge in [-0.1, -0.05) is 37.3 Å². The van der Waals surface area contributed by atoms with E-state index in [1.165, 1.54) is 29.8 Å². The van der Waals surface area contributed by atoms with Crippen LogP contribution in [-0.4, -0.2) is 6.36 Å². The van der Waals surface area contributed by atoms with Crippen LogP contribution in [0.2, 0.25) is 0 Å². The lowest BCUT2D eigenvalue weighted by molar-refractivity contribution is -0.274. The lowest BCUT2D eigenvalue weighted by Gasteiger charge is -2.07. The maximum Gasteiger partial charge on any atom is 0.573 e. The van der Waals surface area contributed by atoms with Crippen molar-refractivity contribution in [3.05, 3.63) is 65.2 Å². The molecule has 0 heterocycles. The second-order valence-corrected chi connectivity index (χ2v) is 5.12. The summed E-state index contributed by atoms with van der Waals surface area (Å²) < 4.78 is 40.0. The van der Waals surface area contributed by atoms with Crippen LogP contribution in [0.1, 0.15) is 36.5 Å². The summed E-state index contributed by atoms with van der Waals surface area (Å²) in [7, 11) is 0. The number of unbranched alkanes of at least 4 members (excludes halogenated alkanes) is 1. The van der Waals surface area contributed by atoms with Crippen LogP contribution in [0.15, 0.2) is 48.5 Å². The number of alkyl halides is 3. The third-order valence-corrected chi connectivity index (χ3v) is 3.21. The molecule has 0 unspecified atom stereocenters. The smallest absolute Gasteiger partial charge is 0.406 e. The molecule has 0 saturated heterocycles. The highest BCUT2D eigenvalue weighted by Crippen LogP contribution is 2.22. The van der Waals surface area contributed by atoms with Gasteiger partial charge in [0, 0.05) is 11.1 Å². The summed E-state index contributed by atoms with van der Waals surface area (Å²) in [5.41, 5.74) is 2.79. The number of rotatable bonds is 4. The van der Waals surface area contributed by atoms with Crippen LogP contribution in [0, 0.1) is 11.8 Å². The molecule has 0 N–H and O–H groups in total. The minimum atomic E-state index is -4.67. The van der Waals surface area contributed by atoms with E-state index in [1.807, 2.05) is 12.1 Å². The largest absolute Gasteiger partial charge is 0.573 e. The standard InChI is InChI=1S/C19H17F3O/c1-2-3-4-15-5-7-16(8-6-15)9-10-17-11-13-18(14-12-17)23-19(20,21)22/h5-8,11-14H,2-4H2,1H3. The molecule has 4 heteroatoms. The first-order chi connectivity index (χ1) is 11.0. The molecule has 120 valence electrons. The summed E-state index contributed by atoms with van der Waals surface area (Å²) in [6, 6.07) is 13.5. The molecule has 0 atom stereocenters. The Morgan fingerprint density at radius 1 is 0.870 bits per heavy atom. The summed E-state index contributed by atoms with van der Waals surface area (Å²) in [4.78, 5) is 0. The lowest BCUT2D eigenvalue weighted by atomic mass is 10.1. The summed E-state index contributed by atoms with van der Waals surface area (Å²) in [6.45, 7) is 2.16. The topological polar surface area (TPSA) is 9.23 Å². The van der Waals surface area contributed by atoms with Gasteiger partial charge in [-0.3, -0.25) is 0 Å². The second kappa shape index (κ2) is 7.73. The van der Waals surface area contributed by atoms with E-state index in [1.54, 1.807) is 0 Å². The molecular formula is C19H17F3O. The number of benzene rings is 2. The van der Waals surface area contributed by atoms with Crippen molar-refractivity contribution in [2.75, 3.05) is 0 Å². The number of aryl methyl sites for hydroxylation is 1. The van der Waals surface area contributed by atoms with Gasteiger partial charge in [0.25, 0.3) is 0 Å². The number of hydrogen-bond donors (Lipinski definition) is 0. The van der Waals surface area contributed by atoms with Gasteiger partial charge in [-0.05, 0) is 54.8 Å². The van der Waals surface area contributed by atoms with Gasteiger partial charge in [0.1, 0.15) is 5.75 Å². The van der Waals surface area contributed by atoms with E-state index in [4.69, 9.17) is 0 Å². The first-order valence-corrected chi connectivity index (χ1v) is 7.43. The van der Waals surface area contributed by atoms with Gasteiger partial charge in [-0.25, -0.2) is 0 Å². The molecule has 23 heavy (non-hydrogen) atoms. The van der Waals surface area contributed by atoms with Crippen molar-refractivity contribution in [3.8, 4) is 17.6 Å². The minimum absolute atomic E-state index is 0.247. The fourth-order valence-electron chi connectivity index (χ4n) is 2.02. The van der Waals surface area contributed by atoms with Crippen LogP contribution in [0.4, 0.5) is 13.2 Å². The van der Waals surface area contributed by atoms with Gasteiger partial charge in [-0.15, -0.1) is 13.2 Å². The van der Waals surface area contributed by atoms with Crippen molar-refractivity contribution in [2.45, 2.75) is 32.5 Å². The molecule has 0 spiro atoms. The molecule has 0 amide bonds. The molecule has 0 radical (unpaired) electrons. The fourth-order valence-corrected chi connectivity index (χ4v) is 2.02. The van der Waals surface area contributed by atoms with Gasteiger partial charge < -0.3 is 4.74 Å². The number of hydrogen-bond acceptors (Lipinski definition) is 1. The normalized spacial score (nSPS) is 10.8. The van der Waals surface area contributed by atoms with E-state index >= 15 is 0 Å². The van der Waals surface area contributed by atoms with Gasteiger partial charge in [0.05, 0.1) is 0 Å². The van der Waals surface area contributed by atoms with Crippen molar-refractivity contribution in [1.29, 1.82) is 0 Å². The Morgan fingerprint density at radius 3 is 1.87 bits per heavy atom. The third kappa shape index (κ3) is 6.07. The molecule has 1 nitrogen and oxygen atoms in total. The van der Waals surface area contributed by atoms with Crippen molar-refractivity contribution < 1.29 is 17.9 Å². The van der Waals surface area contributed by atoms with Crippen LogP contribution >= 0.6 is 0 Å². The monoisotopic (exact) mass is 318 g/mol. The predicted molar refractivity (Wildman–Crippen MR) is 84.2 cm³/mol. The molecule has 0 aliphatic heterocycles. The SMILES string of the molecule is CCCCc1ccc(C#Cc2ccc(OC(F)(F)F)cc2)cc1. The van der Waals surface area contributed by atoms with Crippen molar-refractivity contribution >= 4 is 0 Å². The van der Waals surface area contributed by atoms with Crippen LogP contribution < -0.4 is 4.74 Å². The number of ether oxygens (including phenoxy) is 1. The Labute approximate surface area is 134 Å². The quantitative estimate of drug-likeness (QED) is 0.693. The highest BCUT2D eigenvalue weighted by atomic mass is 19.4. The molecule has 0 aromatic heterocycles. The summed E-state index contributed by atoms with van der Waals surface area (Å²) >= 11 is 0. The Morgan fingerprint density at radius 2 is 1.39 bits per heavy atom. The van der Waals surface area contributed by atoms with Crippen LogP contribution in [-0.2, 0) is 6.42 Å². The average molecular weight is 318 g/mol. The maximum atomic E-state index is 12.1. The zero-order valence-corrected chi connectivity index (χ0v) is 12.8. The molecule has 0 aliphatic rings. The Hall–Kier alpha value is -2.41. The van der Waals surface area contributed by atoms with Gasteiger partial charge in [-0.2, -0.15) is 0 Å². The fraction of sp³-hybridized carbons (Fsp3) is 0.263.